The normalized spacial score (nSPS) is 14.8. The number of amides is 1. The Kier molecular flexibility index (Phi) is 10.5. The fraction of sp³-hybridized carbons (Fsp3) is 0.444. The number of nitrogens with zero attached hydrogens (tertiary/aromatic N) is 3. The third-order valence-corrected chi connectivity index (χ3v) is 7.45. The summed E-state index contributed by atoms with van der Waals surface area (Å²) in [4.78, 5) is 29.2. The van der Waals surface area contributed by atoms with Crippen LogP contribution < -0.4 is 15.5 Å². The lowest BCUT2D eigenvalue weighted by molar-refractivity contribution is -0.138. The van der Waals surface area contributed by atoms with E-state index >= 15 is 0 Å². The Bertz CT molecular complexity index is 1180. The van der Waals surface area contributed by atoms with E-state index in [-0.39, 0.29) is 24.2 Å². The van der Waals surface area contributed by atoms with Gasteiger partial charge in [0.1, 0.15) is 11.9 Å². The number of carbonyl (C=O) groups is 2. The third-order valence-electron chi connectivity index (χ3n) is 6.63. The molecule has 8 nitrogen and oxygen atoms in total. The van der Waals surface area contributed by atoms with E-state index in [2.05, 4.69) is 49.1 Å². The van der Waals surface area contributed by atoms with Crippen LogP contribution in [0.5, 0.6) is 0 Å². The van der Waals surface area contributed by atoms with Crippen LogP contribution in [0.4, 0.5) is 11.5 Å². The maximum Gasteiger partial charge on any atom is 0.326 e. The van der Waals surface area contributed by atoms with Crippen molar-refractivity contribution in [3.8, 4) is 0 Å². The first-order valence-corrected chi connectivity index (χ1v) is 13.4. The molecule has 1 saturated heterocycles. The Morgan fingerprint density at radius 2 is 1.73 bits per heavy atom. The van der Waals surface area contributed by atoms with E-state index < -0.39 is 12.0 Å². The van der Waals surface area contributed by atoms with Crippen LogP contribution in [-0.2, 0) is 4.79 Å². The van der Waals surface area contributed by atoms with Gasteiger partial charge in [0.15, 0.2) is 0 Å². The fourth-order valence-corrected chi connectivity index (χ4v) is 5.33. The molecule has 1 amide bonds. The number of unbranched alkanes of at least 4 members (excludes halogenated alkanes) is 1. The molecule has 1 aliphatic rings. The van der Waals surface area contributed by atoms with Gasteiger partial charge in [-0.15, -0.1) is 12.4 Å². The Balaban J connectivity index is 0.00000380. The van der Waals surface area contributed by atoms with Crippen LogP contribution in [0.2, 0.25) is 0 Å². The molecule has 0 unspecified atom stereocenters. The Morgan fingerprint density at radius 3 is 2.46 bits per heavy atom. The number of carboxylic acids is 1. The number of carbonyl (C=O) groups excluding carboxylic acids is 1. The fourth-order valence-electron chi connectivity index (χ4n) is 4.53. The van der Waals surface area contributed by atoms with Gasteiger partial charge in [-0.3, -0.25) is 9.69 Å². The number of aromatic nitrogens is 1. The lowest BCUT2D eigenvalue weighted by Crippen LogP contribution is -2.46. The zero-order valence-corrected chi connectivity index (χ0v) is 23.0. The van der Waals surface area contributed by atoms with E-state index in [1.807, 2.05) is 13.8 Å². The molecule has 0 aliphatic carbocycles. The number of carboxylic acid groups (broad SMARTS) is 1. The molecular formula is C27H36ClN5O3S. The van der Waals surface area contributed by atoms with Crippen LogP contribution in [0, 0.1) is 5.92 Å². The number of nitrogens with one attached hydrogen (secondary N) is 2. The summed E-state index contributed by atoms with van der Waals surface area (Å²) in [5.41, 5.74) is 1.01. The van der Waals surface area contributed by atoms with Gasteiger partial charge in [-0.25, -0.2) is 4.79 Å². The Labute approximate surface area is 228 Å². The topological polar surface area (TPSA) is 97.8 Å². The number of benzene rings is 2. The van der Waals surface area contributed by atoms with Crippen LogP contribution in [0.1, 0.15) is 37.0 Å². The van der Waals surface area contributed by atoms with Crippen molar-refractivity contribution in [1.82, 2.24) is 14.6 Å². The summed E-state index contributed by atoms with van der Waals surface area (Å²) >= 11 is 1.56. The summed E-state index contributed by atoms with van der Waals surface area (Å²) in [6, 6.07) is 14.7. The predicted octanol–water partition coefficient (Wildman–Crippen LogP) is 4.57. The number of piperazine rings is 1. The smallest absolute Gasteiger partial charge is 0.326 e. The largest absolute Gasteiger partial charge is 0.480 e. The number of anilines is 2. The molecular weight excluding hydrogens is 510 g/mol. The van der Waals surface area contributed by atoms with Crippen LogP contribution in [-0.4, -0.2) is 71.6 Å². The second-order valence-corrected chi connectivity index (χ2v) is 10.3. The highest BCUT2D eigenvalue weighted by molar-refractivity contribution is 7.13. The first kappa shape index (κ1) is 28.7. The predicted molar refractivity (Wildman–Crippen MR) is 153 cm³/mol. The minimum Gasteiger partial charge on any atom is -0.480 e. The zero-order chi connectivity index (χ0) is 25.5. The molecule has 10 heteroatoms. The maximum absolute atomic E-state index is 12.8. The number of para-hydroxylation sites is 1. The highest BCUT2D eigenvalue weighted by Crippen LogP contribution is 2.29. The summed E-state index contributed by atoms with van der Waals surface area (Å²) in [5.74, 6) is -0.117. The molecule has 3 N–H and O–H groups in total. The average Bonchev–Trinajstić information content (AvgIpc) is 3.31. The van der Waals surface area contributed by atoms with Gasteiger partial charge in [0.05, 0.1) is 10.3 Å². The monoisotopic (exact) mass is 545 g/mol. The van der Waals surface area contributed by atoms with Gasteiger partial charge in [0.2, 0.25) is 0 Å². The summed E-state index contributed by atoms with van der Waals surface area (Å²) < 4.78 is 5.92. The number of rotatable bonds is 11. The standard InChI is InChI=1S/C27H35N5O3S.ClH/c1-19(2)24(27(34)35)29-22-11-5-3-9-20(22)26(33)28-13-7-8-14-31-15-17-32(18-16-31)25-21-10-4-6-12-23(21)36-30-25;/h3-6,9-12,19,24,29H,7-8,13-18H2,1-2H3,(H,28,33)(H,34,35);1H/t24-;/m0./s1. The van der Waals surface area contributed by atoms with Crippen molar-refractivity contribution in [1.29, 1.82) is 0 Å². The van der Waals surface area contributed by atoms with Crippen molar-refractivity contribution in [3.05, 3.63) is 54.1 Å². The zero-order valence-electron chi connectivity index (χ0n) is 21.4. The minimum absolute atomic E-state index is 0. The quantitative estimate of drug-likeness (QED) is 0.304. The SMILES string of the molecule is CC(C)[C@H](Nc1ccccc1C(=O)NCCCCN1CCN(c2nsc3ccccc23)CC1)C(=O)O.Cl. The molecule has 3 aromatic rings. The molecule has 2 heterocycles. The van der Waals surface area contributed by atoms with Crippen molar-refractivity contribution in [2.75, 3.05) is 49.5 Å². The second kappa shape index (κ2) is 13.6. The minimum atomic E-state index is -0.930. The van der Waals surface area contributed by atoms with E-state index in [0.29, 0.717) is 17.8 Å². The second-order valence-electron chi connectivity index (χ2n) is 9.54. The van der Waals surface area contributed by atoms with E-state index in [4.69, 9.17) is 0 Å². The van der Waals surface area contributed by atoms with Crippen molar-refractivity contribution in [3.63, 3.8) is 0 Å². The summed E-state index contributed by atoms with van der Waals surface area (Å²) in [6.07, 6.45) is 1.90. The molecule has 0 radical (unpaired) electrons. The van der Waals surface area contributed by atoms with Crippen LogP contribution in [0.3, 0.4) is 0 Å². The summed E-state index contributed by atoms with van der Waals surface area (Å²) in [5, 5.41) is 16.7. The molecule has 1 aromatic heterocycles. The molecule has 0 saturated carbocycles. The molecule has 37 heavy (non-hydrogen) atoms. The van der Waals surface area contributed by atoms with Crippen molar-refractivity contribution in [2.45, 2.75) is 32.7 Å². The van der Waals surface area contributed by atoms with Gasteiger partial charge in [-0.2, -0.15) is 4.37 Å². The van der Waals surface area contributed by atoms with Gasteiger partial charge in [-0.05, 0) is 61.1 Å². The summed E-state index contributed by atoms with van der Waals surface area (Å²) in [6.45, 7) is 9.25. The van der Waals surface area contributed by atoms with E-state index in [9.17, 15) is 14.7 Å². The van der Waals surface area contributed by atoms with Gasteiger partial charge < -0.3 is 20.6 Å². The van der Waals surface area contributed by atoms with Crippen LogP contribution in [0.15, 0.2) is 48.5 Å². The van der Waals surface area contributed by atoms with Gasteiger partial charge in [-0.1, -0.05) is 38.1 Å². The third kappa shape index (κ3) is 7.34. The molecule has 4 rings (SSSR count). The van der Waals surface area contributed by atoms with Gasteiger partial charge in [0.25, 0.3) is 5.91 Å². The van der Waals surface area contributed by atoms with Gasteiger partial charge in [0, 0.05) is 43.8 Å². The molecule has 0 spiro atoms. The van der Waals surface area contributed by atoms with Crippen LogP contribution >= 0.6 is 23.9 Å². The van der Waals surface area contributed by atoms with Gasteiger partial charge >= 0.3 is 5.97 Å². The van der Waals surface area contributed by atoms with E-state index in [1.54, 1.807) is 35.8 Å². The Morgan fingerprint density at radius 1 is 1.03 bits per heavy atom. The lowest BCUT2D eigenvalue weighted by Gasteiger charge is -2.35. The summed E-state index contributed by atoms with van der Waals surface area (Å²) in [7, 11) is 0. The molecule has 0 bridgehead atoms. The molecule has 2 aromatic carbocycles. The highest BCUT2D eigenvalue weighted by atomic mass is 35.5. The van der Waals surface area contributed by atoms with Crippen molar-refractivity contribution >= 4 is 57.4 Å². The van der Waals surface area contributed by atoms with E-state index in [1.165, 1.54) is 10.1 Å². The molecule has 1 fully saturated rings. The maximum atomic E-state index is 12.8. The number of fused-ring (bicyclic) bond motifs is 1. The van der Waals surface area contributed by atoms with Crippen molar-refractivity contribution in [2.24, 2.45) is 5.92 Å². The van der Waals surface area contributed by atoms with Crippen molar-refractivity contribution < 1.29 is 14.7 Å². The highest BCUT2D eigenvalue weighted by Gasteiger charge is 2.23. The number of aliphatic carboxylic acids is 1. The Hall–Kier alpha value is -2.88. The number of hydrogen-bond donors (Lipinski definition) is 3. The number of hydrogen-bond acceptors (Lipinski definition) is 7. The first-order chi connectivity index (χ1) is 17.4. The lowest BCUT2D eigenvalue weighted by atomic mass is 10.0. The number of halogens is 1. The molecule has 1 atom stereocenters. The van der Waals surface area contributed by atoms with E-state index in [0.717, 1.165) is 51.4 Å². The first-order valence-electron chi connectivity index (χ1n) is 12.6. The molecule has 1 aliphatic heterocycles. The average molecular weight is 546 g/mol. The molecule has 200 valence electrons. The van der Waals surface area contributed by atoms with Crippen LogP contribution in [0.25, 0.3) is 10.1 Å².